The maximum absolute atomic E-state index is 5.95. The van der Waals surface area contributed by atoms with Crippen LogP contribution in [0.1, 0.15) is 55.4 Å². The summed E-state index contributed by atoms with van der Waals surface area (Å²) < 4.78 is 5.95. The quantitative estimate of drug-likeness (QED) is 0.647. The highest BCUT2D eigenvalue weighted by atomic mass is 16.5. The van der Waals surface area contributed by atoms with Gasteiger partial charge in [-0.3, -0.25) is 4.90 Å². The molecular formula is C12H27NO. The first-order valence-corrected chi connectivity index (χ1v) is 5.60. The minimum absolute atomic E-state index is 0.0680. The molecule has 0 heterocycles. The van der Waals surface area contributed by atoms with Crippen LogP contribution in [0.2, 0.25) is 0 Å². The topological polar surface area (TPSA) is 12.5 Å². The number of hydrogen-bond donors (Lipinski definition) is 0. The van der Waals surface area contributed by atoms with E-state index in [-0.39, 0.29) is 11.8 Å². The third-order valence-electron chi connectivity index (χ3n) is 2.14. The Labute approximate surface area is 89.6 Å². The molecule has 0 aliphatic carbocycles. The van der Waals surface area contributed by atoms with Gasteiger partial charge >= 0.3 is 0 Å². The van der Waals surface area contributed by atoms with Gasteiger partial charge in [0.25, 0.3) is 0 Å². The third kappa shape index (κ3) is 4.97. The fourth-order valence-electron chi connectivity index (χ4n) is 2.01. The van der Waals surface area contributed by atoms with Gasteiger partial charge in [0.05, 0.1) is 5.60 Å². The van der Waals surface area contributed by atoms with Crippen molar-refractivity contribution in [2.45, 2.75) is 79.3 Å². The second-order valence-electron chi connectivity index (χ2n) is 5.46. The number of nitrogens with zero attached hydrogens (tertiary/aromatic N) is 1. The smallest absolute Gasteiger partial charge is 0.108 e. The van der Waals surface area contributed by atoms with Gasteiger partial charge in [0, 0.05) is 12.1 Å². The summed E-state index contributed by atoms with van der Waals surface area (Å²) in [7, 11) is 0. The van der Waals surface area contributed by atoms with Crippen molar-refractivity contribution in [2.24, 2.45) is 0 Å². The van der Waals surface area contributed by atoms with Crippen molar-refractivity contribution in [1.29, 1.82) is 0 Å². The van der Waals surface area contributed by atoms with E-state index >= 15 is 0 Å². The van der Waals surface area contributed by atoms with E-state index in [9.17, 15) is 0 Å². The first-order chi connectivity index (χ1) is 6.15. The molecule has 0 spiro atoms. The molecule has 0 rings (SSSR count). The van der Waals surface area contributed by atoms with Crippen LogP contribution in [0.3, 0.4) is 0 Å². The van der Waals surface area contributed by atoms with Crippen LogP contribution in [0.4, 0.5) is 0 Å². The minimum Gasteiger partial charge on any atom is -0.358 e. The van der Waals surface area contributed by atoms with Crippen LogP contribution in [0.15, 0.2) is 0 Å². The lowest BCUT2D eigenvalue weighted by atomic mass is 10.2. The zero-order chi connectivity index (χ0) is 11.5. The Morgan fingerprint density at radius 3 is 1.43 bits per heavy atom. The van der Waals surface area contributed by atoms with Gasteiger partial charge in [-0.1, -0.05) is 0 Å². The molecule has 2 heteroatoms. The minimum atomic E-state index is -0.0680. The van der Waals surface area contributed by atoms with E-state index in [2.05, 4.69) is 60.3 Å². The van der Waals surface area contributed by atoms with Crippen LogP contribution in [-0.4, -0.2) is 28.8 Å². The van der Waals surface area contributed by atoms with E-state index in [0.717, 1.165) is 0 Å². The van der Waals surface area contributed by atoms with Crippen LogP contribution in [0, 0.1) is 0 Å². The second kappa shape index (κ2) is 5.13. The molecule has 86 valence electrons. The largest absolute Gasteiger partial charge is 0.358 e. The Bertz CT molecular complexity index is 150. The van der Waals surface area contributed by atoms with Gasteiger partial charge in [0.2, 0.25) is 0 Å². The molecule has 0 fully saturated rings. The van der Waals surface area contributed by atoms with Crippen LogP contribution >= 0.6 is 0 Å². The lowest BCUT2D eigenvalue weighted by Gasteiger charge is -2.39. The van der Waals surface area contributed by atoms with Crippen LogP contribution in [-0.2, 0) is 4.74 Å². The average Bonchev–Trinajstić information content (AvgIpc) is 1.78. The molecule has 0 aliphatic rings. The predicted octanol–water partition coefficient (Wildman–Crippen LogP) is 3.27. The summed E-state index contributed by atoms with van der Waals surface area (Å²) >= 11 is 0. The molecule has 0 amide bonds. The van der Waals surface area contributed by atoms with Gasteiger partial charge in [-0.05, 0) is 55.4 Å². The highest BCUT2D eigenvalue weighted by Gasteiger charge is 2.24. The molecule has 0 N–H and O–H groups in total. The Morgan fingerprint density at radius 2 is 1.21 bits per heavy atom. The van der Waals surface area contributed by atoms with E-state index in [0.29, 0.717) is 12.1 Å². The molecule has 2 nitrogen and oxygen atoms in total. The Morgan fingerprint density at radius 1 is 0.857 bits per heavy atom. The number of hydrogen-bond acceptors (Lipinski definition) is 2. The van der Waals surface area contributed by atoms with Crippen LogP contribution in [0.25, 0.3) is 0 Å². The first-order valence-electron chi connectivity index (χ1n) is 5.60. The van der Waals surface area contributed by atoms with E-state index in [1.54, 1.807) is 0 Å². The van der Waals surface area contributed by atoms with Crippen LogP contribution < -0.4 is 0 Å². The van der Waals surface area contributed by atoms with Gasteiger partial charge in [-0.25, -0.2) is 0 Å². The fourth-order valence-corrected chi connectivity index (χ4v) is 2.01. The molecule has 0 aromatic heterocycles. The molecule has 0 radical (unpaired) electrons. The Balaban J connectivity index is 4.38. The van der Waals surface area contributed by atoms with Gasteiger partial charge < -0.3 is 4.74 Å². The highest BCUT2D eigenvalue weighted by Crippen LogP contribution is 2.17. The Hall–Kier alpha value is -0.0800. The molecule has 0 aliphatic heterocycles. The molecule has 14 heavy (non-hydrogen) atoms. The van der Waals surface area contributed by atoms with E-state index in [1.165, 1.54) is 0 Å². The van der Waals surface area contributed by atoms with Crippen molar-refractivity contribution < 1.29 is 4.74 Å². The summed E-state index contributed by atoms with van der Waals surface area (Å²) in [6.07, 6.45) is 0.176. The molecule has 1 unspecified atom stereocenters. The van der Waals surface area contributed by atoms with E-state index in [4.69, 9.17) is 4.74 Å². The standard InChI is InChI=1S/C12H27NO/c1-9(2)13(10(3)4)11(5)14-12(6,7)8/h9-11H,1-8H3. The monoisotopic (exact) mass is 201 g/mol. The average molecular weight is 201 g/mol. The maximum atomic E-state index is 5.95. The van der Waals surface area contributed by atoms with Gasteiger partial charge in [-0.15, -0.1) is 0 Å². The summed E-state index contributed by atoms with van der Waals surface area (Å²) in [5, 5.41) is 0. The zero-order valence-electron chi connectivity index (χ0n) is 11.1. The van der Waals surface area contributed by atoms with E-state index in [1.807, 2.05) is 0 Å². The van der Waals surface area contributed by atoms with Crippen molar-refractivity contribution in [3.63, 3.8) is 0 Å². The van der Waals surface area contributed by atoms with Gasteiger partial charge in [0.1, 0.15) is 6.23 Å². The molecule has 0 saturated heterocycles. The van der Waals surface area contributed by atoms with E-state index < -0.39 is 0 Å². The molecule has 1 atom stereocenters. The highest BCUT2D eigenvalue weighted by molar-refractivity contribution is 4.71. The van der Waals surface area contributed by atoms with Crippen molar-refractivity contribution >= 4 is 0 Å². The van der Waals surface area contributed by atoms with Crippen molar-refractivity contribution in [2.75, 3.05) is 0 Å². The fraction of sp³-hybridized carbons (Fsp3) is 1.00. The first kappa shape index (κ1) is 13.9. The van der Waals surface area contributed by atoms with Crippen molar-refractivity contribution in [3.8, 4) is 0 Å². The predicted molar refractivity (Wildman–Crippen MR) is 62.4 cm³/mol. The maximum Gasteiger partial charge on any atom is 0.108 e. The molecular weight excluding hydrogens is 174 g/mol. The van der Waals surface area contributed by atoms with Gasteiger partial charge in [0.15, 0.2) is 0 Å². The van der Waals surface area contributed by atoms with Crippen molar-refractivity contribution in [3.05, 3.63) is 0 Å². The molecule has 0 saturated carbocycles. The lowest BCUT2D eigenvalue weighted by Crippen LogP contribution is -2.47. The zero-order valence-corrected chi connectivity index (χ0v) is 11.1. The summed E-state index contributed by atoms with van der Waals surface area (Å²) in [6.45, 7) is 17.3. The summed E-state index contributed by atoms with van der Waals surface area (Å²) in [5.41, 5.74) is -0.0680. The SMILES string of the molecule is CC(C)N(C(C)C)C(C)OC(C)(C)C. The van der Waals surface area contributed by atoms with Crippen molar-refractivity contribution in [1.82, 2.24) is 4.90 Å². The summed E-state index contributed by atoms with van der Waals surface area (Å²) in [6, 6.07) is 1.04. The molecule has 0 aromatic carbocycles. The number of ether oxygens (including phenoxy) is 1. The molecule has 0 aromatic rings. The lowest BCUT2D eigenvalue weighted by molar-refractivity contribution is -0.141. The molecule has 0 bridgehead atoms. The summed E-state index contributed by atoms with van der Waals surface area (Å²) in [4.78, 5) is 2.38. The summed E-state index contributed by atoms with van der Waals surface area (Å²) in [5.74, 6) is 0. The normalized spacial score (nSPS) is 15.6. The Kier molecular flexibility index (Phi) is 5.10. The second-order valence-corrected chi connectivity index (χ2v) is 5.46. The third-order valence-corrected chi connectivity index (χ3v) is 2.14. The van der Waals surface area contributed by atoms with Crippen LogP contribution in [0.5, 0.6) is 0 Å². The van der Waals surface area contributed by atoms with Gasteiger partial charge in [-0.2, -0.15) is 0 Å². The number of rotatable bonds is 4.